The fourth-order valence-electron chi connectivity index (χ4n) is 1.61. The molecule has 88 valence electrons. The van der Waals surface area contributed by atoms with Gasteiger partial charge in [-0.15, -0.1) is 0 Å². The average Bonchev–Trinajstić information content (AvgIpc) is 2.67. The van der Waals surface area contributed by atoms with Crippen LogP contribution in [0.25, 0.3) is 0 Å². The van der Waals surface area contributed by atoms with Crippen LogP contribution in [0.15, 0.2) is 30.5 Å². The number of carboxylic acids is 1. The summed E-state index contributed by atoms with van der Waals surface area (Å²) < 4.78 is 14.6. The number of carbonyl (C=O) groups is 1. The minimum Gasteiger partial charge on any atom is -0.478 e. The Balaban J connectivity index is 2.39. The summed E-state index contributed by atoms with van der Waals surface area (Å²) in [6.45, 7) is 2.19. The van der Waals surface area contributed by atoms with E-state index in [4.69, 9.17) is 5.11 Å². The molecule has 1 aromatic carbocycles. The number of hydrogen-bond donors (Lipinski definition) is 1. The summed E-state index contributed by atoms with van der Waals surface area (Å²) in [5.74, 6) is -1.69. The maximum absolute atomic E-state index is 13.0. The molecule has 0 fully saturated rings. The zero-order chi connectivity index (χ0) is 12.4. The van der Waals surface area contributed by atoms with E-state index in [9.17, 15) is 9.18 Å². The number of halogens is 1. The molecular formula is C12H11FN2O2. The van der Waals surface area contributed by atoms with Crippen LogP contribution in [0.2, 0.25) is 0 Å². The van der Waals surface area contributed by atoms with Crippen molar-refractivity contribution in [1.82, 2.24) is 9.78 Å². The van der Waals surface area contributed by atoms with Crippen LogP contribution >= 0.6 is 0 Å². The molecule has 2 rings (SSSR count). The zero-order valence-electron chi connectivity index (χ0n) is 9.22. The van der Waals surface area contributed by atoms with Crippen molar-refractivity contribution in [2.45, 2.75) is 13.5 Å². The number of aryl methyl sites for hydroxylation is 1. The molecule has 2 aromatic rings. The third-order valence-electron chi connectivity index (χ3n) is 2.55. The molecule has 0 atom stereocenters. The van der Waals surface area contributed by atoms with E-state index >= 15 is 0 Å². The first-order chi connectivity index (χ1) is 8.08. The van der Waals surface area contributed by atoms with Gasteiger partial charge in [-0.05, 0) is 30.7 Å². The van der Waals surface area contributed by atoms with E-state index in [-0.39, 0.29) is 5.56 Å². The molecular weight excluding hydrogens is 223 g/mol. The van der Waals surface area contributed by atoms with Gasteiger partial charge in [-0.25, -0.2) is 9.18 Å². The maximum atomic E-state index is 13.0. The largest absolute Gasteiger partial charge is 0.478 e. The number of hydrogen-bond acceptors (Lipinski definition) is 2. The predicted molar refractivity (Wildman–Crippen MR) is 59.4 cm³/mol. The van der Waals surface area contributed by atoms with Crippen LogP contribution in [0.5, 0.6) is 0 Å². The van der Waals surface area contributed by atoms with Crippen LogP contribution < -0.4 is 0 Å². The van der Waals surface area contributed by atoms with Crippen LogP contribution in [0.3, 0.4) is 0 Å². The lowest BCUT2D eigenvalue weighted by Gasteiger charge is -2.08. The topological polar surface area (TPSA) is 55.1 Å². The Bertz CT molecular complexity index is 563. The maximum Gasteiger partial charge on any atom is 0.336 e. The van der Waals surface area contributed by atoms with Gasteiger partial charge in [0.2, 0.25) is 0 Å². The summed E-state index contributed by atoms with van der Waals surface area (Å²) in [4.78, 5) is 11.0. The van der Waals surface area contributed by atoms with Gasteiger partial charge in [0, 0.05) is 11.9 Å². The van der Waals surface area contributed by atoms with Crippen molar-refractivity contribution in [1.29, 1.82) is 0 Å². The van der Waals surface area contributed by atoms with E-state index < -0.39 is 11.8 Å². The van der Waals surface area contributed by atoms with Crippen LogP contribution in [-0.4, -0.2) is 20.9 Å². The van der Waals surface area contributed by atoms with Crippen molar-refractivity contribution in [3.63, 3.8) is 0 Å². The molecule has 5 heteroatoms. The molecule has 0 radical (unpaired) electrons. The molecule has 0 saturated carbocycles. The Kier molecular flexibility index (Phi) is 2.91. The monoisotopic (exact) mass is 234 g/mol. The number of benzene rings is 1. The Hall–Kier alpha value is -2.17. The number of aromatic carboxylic acids is 1. The summed E-state index contributed by atoms with van der Waals surface area (Å²) in [5, 5.41) is 13.1. The van der Waals surface area contributed by atoms with Crippen molar-refractivity contribution < 1.29 is 14.3 Å². The fraction of sp³-hybridized carbons (Fsp3) is 0.167. The van der Waals surface area contributed by atoms with Crippen LogP contribution in [0, 0.1) is 12.7 Å². The summed E-state index contributed by atoms with van der Waals surface area (Å²) in [5.41, 5.74) is 1.43. The van der Waals surface area contributed by atoms with E-state index in [1.165, 1.54) is 12.1 Å². The molecule has 0 bridgehead atoms. The third-order valence-corrected chi connectivity index (χ3v) is 2.55. The first-order valence-corrected chi connectivity index (χ1v) is 5.08. The van der Waals surface area contributed by atoms with Gasteiger partial charge in [0.15, 0.2) is 0 Å². The molecule has 1 N–H and O–H groups in total. The van der Waals surface area contributed by atoms with Crippen molar-refractivity contribution in [3.8, 4) is 0 Å². The highest BCUT2D eigenvalue weighted by molar-refractivity contribution is 5.89. The Labute approximate surface area is 97.3 Å². The molecule has 0 spiro atoms. The average molecular weight is 234 g/mol. The van der Waals surface area contributed by atoms with Crippen molar-refractivity contribution in [3.05, 3.63) is 53.1 Å². The summed E-state index contributed by atoms with van der Waals surface area (Å²) >= 11 is 0. The SMILES string of the molecule is Cc1ccnn1Cc1ccc(F)cc1C(=O)O. The Morgan fingerprint density at radius 2 is 2.24 bits per heavy atom. The predicted octanol–water partition coefficient (Wildman–Crippen LogP) is 2.08. The van der Waals surface area contributed by atoms with Gasteiger partial charge in [-0.1, -0.05) is 6.07 Å². The van der Waals surface area contributed by atoms with Crippen LogP contribution in [0.4, 0.5) is 4.39 Å². The molecule has 0 aliphatic rings. The van der Waals surface area contributed by atoms with E-state index in [2.05, 4.69) is 5.10 Å². The molecule has 0 amide bonds. The second-order valence-corrected chi connectivity index (χ2v) is 3.74. The second-order valence-electron chi connectivity index (χ2n) is 3.74. The standard InChI is InChI=1S/C12H11FN2O2/c1-8-4-5-14-15(8)7-9-2-3-10(13)6-11(9)12(16)17/h2-6H,7H2,1H3,(H,16,17). The highest BCUT2D eigenvalue weighted by Crippen LogP contribution is 2.13. The molecule has 4 nitrogen and oxygen atoms in total. The molecule has 0 saturated heterocycles. The van der Waals surface area contributed by atoms with E-state index in [1.54, 1.807) is 10.9 Å². The van der Waals surface area contributed by atoms with Gasteiger partial charge in [0.1, 0.15) is 5.82 Å². The Morgan fingerprint density at radius 3 is 2.82 bits per heavy atom. The smallest absolute Gasteiger partial charge is 0.336 e. The molecule has 0 aliphatic heterocycles. The zero-order valence-corrected chi connectivity index (χ0v) is 9.22. The second kappa shape index (κ2) is 4.37. The number of rotatable bonds is 3. The van der Waals surface area contributed by atoms with Gasteiger partial charge in [0.25, 0.3) is 0 Å². The highest BCUT2D eigenvalue weighted by atomic mass is 19.1. The van der Waals surface area contributed by atoms with E-state index in [0.29, 0.717) is 12.1 Å². The van der Waals surface area contributed by atoms with E-state index in [1.807, 2.05) is 13.0 Å². The van der Waals surface area contributed by atoms with Gasteiger partial charge >= 0.3 is 5.97 Å². The first-order valence-electron chi connectivity index (χ1n) is 5.08. The lowest BCUT2D eigenvalue weighted by atomic mass is 10.1. The lowest BCUT2D eigenvalue weighted by molar-refractivity contribution is 0.0695. The summed E-state index contributed by atoms with van der Waals surface area (Å²) in [7, 11) is 0. The van der Waals surface area contributed by atoms with Gasteiger partial charge in [0.05, 0.1) is 12.1 Å². The van der Waals surface area contributed by atoms with Crippen LogP contribution in [-0.2, 0) is 6.54 Å². The minimum absolute atomic E-state index is 0.0279. The molecule has 1 heterocycles. The van der Waals surface area contributed by atoms with Crippen molar-refractivity contribution in [2.24, 2.45) is 0 Å². The Morgan fingerprint density at radius 1 is 1.47 bits per heavy atom. The van der Waals surface area contributed by atoms with Gasteiger partial charge in [-0.3, -0.25) is 4.68 Å². The first kappa shape index (κ1) is 11.3. The molecule has 1 aromatic heterocycles. The van der Waals surface area contributed by atoms with E-state index in [0.717, 1.165) is 11.8 Å². The van der Waals surface area contributed by atoms with Crippen molar-refractivity contribution in [2.75, 3.05) is 0 Å². The highest BCUT2D eigenvalue weighted by Gasteiger charge is 2.12. The quantitative estimate of drug-likeness (QED) is 0.884. The molecule has 17 heavy (non-hydrogen) atoms. The normalized spacial score (nSPS) is 10.5. The minimum atomic E-state index is -1.13. The summed E-state index contributed by atoms with van der Waals surface area (Å²) in [6, 6.07) is 5.57. The van der Waals surface area contributed by atoms with Crippen molar-refractivity contribution >= 4 is 5.97 Å². The van der Waals surface area contributed by atoms with Gasteiger partial charge < -0.3 is 5.11 Å². The number of carboxylic acid groups (broad SMARTS) is 1. The fourth-order valence-corrected chi connectivity index (χ4v) is 1.61. The van der Waals surface area contributed by atoms with Gasteiger partial charge in [-0.2, -0.15) is 5.10 Å². The van der Waals surface area contributed by atoms with Crippen LogP contribution in [0.1, 0.15) is 21.6 Å². The molecule has 0 unspecified atom stereocenters. The molecule has 0 aliphatic carbocycles. The number of nitrogens with zero attached hydrogens (tertiary/aromatic N) is 2. The number of aromatic nitrogens is 2. The summed E-state index contributed by atoms with van der Waals surface area (Å²) in [6.07, 6.45) is 1.64. The lowest BCUT2D eigenvalue weighted by Crippen LogP contribution is -2.09. The third kappa shape index (κ3) is 2.33.